The molecule has 0 saturated heterocycles. The van der Waals surface area contributed by atoms with Gasteiger partial charge in [-0.05, 0) is 24.5 Å². The van der Waals surface area contributed by atoms with E-state index in [0.29, 0.717) is 35.6 Å². The fourth-order valence-electron chi connectivity index (χ4n) is 3.31. The largest absolute Gasteiger partial charge is 0.349 e. The number of nitrogens with zero attached hydrogens (tertiary/aromatic N) is 5. The van der Waals surface area contributed by atoms with Crippen molar-refractivity contribution in [3.05, 3.63) is 70.0 Å². The van der Waals surface area contributed by atoms with Gasteiger partial charge in [0.05, 0.1) is 10.6 Å². The van der Waals surface area contributed by atoms with Crippen molar-refractivity contribution in [2.24, 2.45) is 0 Å². The number of hydrogen-bond acceptors (Lipinski definition) is 5. The number of benzene rings is 2. The number of nitro benzene ring substituents is 1. The third-order valence-electron chi connectivity index (χ3n) is 4.46. The molecule has 1 aliphatic heterocycles. The molecular weight excluding hydrogens is 356 g/mol. The second-order valence-corrected chi connectivity index (χ2v) is 6.32. The van der Waals surface area contributed by atoms with Crippen LogP contribution in [0.15, 0.2) is 42.7 Å². The van der Waals surface area contributed by atoms with E-state index in [9.17, 15) is 18.9 Å². The SMILES string of the molecule is O=[N+]([O-])c1cccc(-c2ncn(CN3CCCc4cc(F)cc(F)c43)n2)c1. The van der Waals surface area contributed by atoms with E-state index in [4.69, 9.17) is 0 Å². The molecule has 0 aliphatic carbocycles. The van der Waals surface area contributed by atoms with Crippen LogP contribution in [0.3, 0.4) is 0 Å². The molecule has 27 heavy (non-hydrogen) atoms. The zero-order valence-electron chi connectivity index (χ0n) is 14.2. The minimum atomic E-state index is -0.594. The van der Waals surface area contributed by atoms with E-state index in [2.05, 4.69) is 10.1 Å². The second-order valence-electron chi connectivity index (χ2n) is 6.32. The summed E-state index contributed by atoms with van der Waals surface area (Å²) < 4.78 is 29.3. The van der Waals surface area contributed by atoms with E-state index in [0.717, 1.165) is 12.5 Å². The third kappa shape index (κ3) is 3.35. The summed E-state index contributed by atoms with van der Waals surface area (Å²) in [4.78, 5) is 16.4. The highest BCUT2D eigenvalue weighted by atomic mass is 19.1. The van der Waals surface area contributed by atoms with Gasteiger partial charge < -0.3 is 4.90 Å². The van der Waals surface area contributed by atoms with Crippen LogP contribution >= 0.6 is 0 Å². The molecule has 0 radical (unpaired) electrons. The fraction of sp³-hybridized carbons (Fsp3) is 0.222. The van der Waals surface area contributed by atoms with Crippen LogP contribution in [0.2, 0.25) is 0 Å². The van der Waals surface area contributed by atoms with Gasteiger partial charge in [-0.25, -0.2) is 18.4 Å². The zero-order chi connectivity index (χ0) is 19.0. The van der Waals surface area contributed by atoms with Crippen molar-refractivity contribution in [3.63, 3.8) is 0 Å². The van der Waals surface area contributed by atoms with Crippen molar-refractivity contribution in [2.45, 2.75) is 19.5 Å². The van der Waals surface area contributed by atoms with Gasteiger partial charge in [-0.15, -0.1) is 5.10 Å². The molecule has 138 valence electrons. The second kappa shape index (κ2) is 6.75. The Kier molecular flexibility index (Phi) is 4.27. The molecule has 0 amide bonds. The van der Waals surface area contributed by atoms with Crippen LogP contribution in [0.4, 0.5) is 20.2 Å². The molecule has 1 aromatic heterocycles. The minimum absolute atomic E-state index is 0.0436. The molecule has 4 rings (SSSR count). The highest BCUT2D eigenvalue weighted by Gasteiger charge is 2.22. The lowest BCUT2D eigenvalue weighted by atomic mass is 10.0. The molecule has 3 aromatic rings. The molecule has 9 heteroatoms. The Morgan fingerprint density at radius 3 is 2.89 bits per heavy atom. The van der Waals surface area contributed by atoms with Crippen molar-refractivity contribution in [2.75, 3.05) is 11.4 Å². The molecule has 0 atom stereocenters. The lowest BCUT2D eigenvalue weighted by Gasteiger charge is -2.31. The first-order valence-corrected chi connectivity index (χ1v) is 8.38. The van der Waals surface area contributed by atoms with Crippen LogP contribution in [0.25, 0.3) is 11.4 Å². The van der Waals surface area contributed by atoms with Crippen molar-refractivity contribution < 1.29 is 13.7 Å². The maximum atomic E-state index is 14.3. The predicted octanol–water partition coefficient (Wildman–Crippen LogP) is 3.54. The minimum Gasteiger partial charge on any atom is -0.349 e. The topological polar surface area (TPSA) is 77.1 Å². The Morgan fingerprint density at radius 2 is 2.07 bits per heavy atom. The summed E-state index contributed by atoms with van der Waals surface area (Å²) in [7, 11) is 0. The lowest BCUT2D eigenvalue weighted by Crippen LogP contribution is -2.32. The van der Waals surface area contributed by atoms with Gasteiger partial charge in [0.2, 0.25) is 0 Å². The van der Waals surface area contributed by atoms with Crippen molar-refractivity contribution in [1.29, 1.82) is 0 Å². The summed E-state index contributed by atoms with van der Waals surface area (Å²) in [6.07, 6.45) is 2.89. The van der Waals surface area contributed by atoms with Crippen LogP contribution in [0.1, 0.15) is 12.0 Å². The van der Waals surface area contributed by atoms with Gasteiger partial charge in [0.25, 0.3) is 5.69 Å². The quantitative estimate of drug-likeness (QED) is 0.518. The first kappa shape index (κ1) is 17.1. The summed E-state index contributed by atoms with van der Waals surface area (Å²) in [5.74, 6) is -0.832. The smallest absolute Gasteiger partial charge is 0.270 e. The van der Waals surface area contributed by atoms with Gasteiger partial charge in [0.1, 0.15) is 24.6 Å². The normalized spacial score (nSPS) is 13.5. The number of fused-ring (bicyclic) bond motifs is 1. The number of rotatable bonds is 4. The zero-order valence-corrected chi connectivity index (χ0v) is 14.2. The molecule has 0 spiro atoms. The number of anilines is 1. The number of non-ortho nitro benzene ring substituents is 1. The number of nitro groups is 1. The summed E-state index contributed by atoms with van der Waals surface area (Å²) >= 11 is 0. The van der Waals surface area contributed by atoms with Crippen LogP contribution in [0, 0.1) is 21.7 Å². The van der Waals surface area contributed by atoms with Gasteiger partial charge in [-0.2, -0.15) is 0 Å². The Morgan fingerprint density at radius 1 is 1.22 bits per heavy atom. The van der Waals surface area contributed by atoms with E-state index < -0.39 is 16.6 Å². The molecule has 2 heterocycles. The third-order valence-corrected chi connectivity index (χ3v) is 4.46. The first-order valence-electron chi connectivity index (χ1n) is 8.38. The molecule has 0 bridgehead atoms. The average Bonchev–Trinajstić information content (AvgIpc) is 3.10. The molecule has 0 fully saturated rings. The summed E-state index contributed by atoms with van der Waals surface area (Å²) in [5.41, 5.74) is 1.50. The average molecular weight is 371 g/mol. The first-order chi connectivity index (χ1) is 13.0. The molecular formula is C18H15F2N5O2. The van der Waals surface area contributed by atoms with Gasteiger partial charge in [-0.3, -0.25) is 10.1 Å². The summed E-state index contributed by atoms with van der Waals surface area (Å²) in [6.45, 7) is 0.860. The van der Waals surface area contributed by atoms with Crippen LogP contribution in [-0.2, 0) is 13.1 Å². The molecule has 7 nitrogen and oxygen atoms in total. The van der Waals surface area contributed by atoms with E-state index in [-0.39, 0.29) is 12.4 Å². The Bertz CT molecular complexity index is 1020. The number of aromatic nitrogens is 3. The number of halogens is 2. The molecule has 0 N–H and O–H groups in total. The van der Waals surface area contributed by atoms with Gasteiger partial charge in [0.15, 0.2) is 5.82 Å². The molecule has 2 aromatic carbocycles. The van der Waals surface area contributed by atoms with Crippen LogP contribution in [0.5, 0.6) is 0 Å². The van der Waals surface area contributed by atoms with Crippen LogP contribution < -0.4 is 4.90 Å². The van der Waals surface area contributed by atoms with Gasteiger partial charge in [0, 0.05) is 30.3 Å². The van der Waals surface area contributed by atoms with E-state index in [1.807, 2.05) is 0 Å². The number of hydrogen-bond donors (Lipinski definition) is 0. The van der Waals surface area contributed by atoms with Gasteiger partial charge in [-0.1, -0.05) is 12.1 Å². The van der Waals surface area contributed by atoms with Gasteiger partial charge >= 0.3 is 0 Å². The van der Waals surface area contributed by atoms with Crippen molar-refractivity contribution >= 4 is 11.4 Å². The highest BCUT2D eigenvalue weighted by Crippen LogP contribution is 2.31. The summed E-state index contributed by atoms with van der Waals surface area (Å²) in [5, 5.41) is 15.3. The molecule has 0 saturated carbocycles. The maximum Gasteiger partial charge on any atom is 0.270 e. The Hall–Kier alpha value is -3.36. The van der Waals surface area contributed by atoms with E-state index >= 15 is 0 Å². The maximum absolute atomic E-state index is 14.3. The Balaban J connectivity index is 1.60. The Labute approximate surface area is 153 Å². The standard InChI is InChI=1S/C18H15F2N5O2/c19-14-7-12-4-2-6-23(17(12)16(20)9-14)11-24-10-21-18(22-24)13-3-1-5-15(8-13)25(26)27/h1,3,5,7-10H,2,4,6,11H2. The lowest BCUT2D eigenvalue weighted by molar-refractivity contribution is -0.384. The summed E-state index contributed by atoms with van der Waals surface area (Å²) in [6, 6.07) is 8.29. The highest BCUT2D eigenvalue weighted by molar-refractivity contribution is 5.59. The monoisotopic (exact) mass is 371 g/mol. The fourth-order valence-corrected chi connectivity index (χ4v) is 3.31. The number of aryl methyl sites for hydroxylation is 1. The molecule has 0 unspecified atom stereocenters. The van der Waals surface area contributed by atoms with E-state index in [1.54, 1.807) is 17.0 Å². The van der Waals surface area contributed by atoms with Crippen molar-refractivity contribution in [1.82, 2.24) is 14.8 Å². The predicted molar refractivity (Wildman–Crippen MR) is 94.1 cm³/mol. The van der Waals surface area contributed by atoms with Crippen LogP contribution in [-0.4, -0.2) is 26.2 Å². The van der Waals surface area contributed by atoms with Crippen molar-refractivity contribution in [3.8, 4) is 11.4 Å². The molecule has 1 aliphatic rings. The van der Waals surface area contributed by atoms with E-state index in [1.165, 1.54) is 29.2 Å².